The Labute approximate surface area is 77.1 Å². The van der Waals surface area contributed by atoms with E-state index >= 15 is 0 Å². The van der Waals surface area contributed by atoms with Gasteiger partial charge in [0.15, 0.2) is 0 Å². The van der Waals surface area contributed by atoms with E-state index in [1.807, 2.05) is 0 Å². The first kappa shape index (κ1) is 25.7. The van der Waals surface area contributed by atoms with E-state index in [0.29, 0.717) is 0 Å². The molecular formula is BiOPdSe2. The van der Waals surface area contributed by atoms with Crippen LogP contribution in [0, 0.1) is 0 Å². The molecule has 0 bridgehead atoms. The van der Waals surface area contributed by atoms with Crippen LogP contribution < -0.4 is 0 Å². The van der Waals surface area contributed by atoms with Crippen molar-refractivity contribution in [2.24, 2.45) is 0 Å². The summed E-state index contributed by atoms with van der Waals surface area (Å²) < 4.78 is 0. The van der Waals surface area contributed by atoms with Crippen molar-refractivity contribution < 1.29 is 22.1 Å². The fourth-order valence-electron chi connectivity index (χ4n) is 0. The van der Waals surface area contributed by atoms with E-state index in [2.05, 4.69) is 29.6 Å². The average Bonchev–Trinajstić information content (AvgIpc) is 1.00. The van der Waals surface area contributed by atoms with Crippen molar-refractivity contribution >= 4 is 56.2 Å². The maximum absolute atomic E-state index is 2.62. The normalized spacial score (nSPS) is 1.20. The van der Waals surface area contributed by atoms with E-state index in [-0.39, 0.29) is 48.7 Å². The molecule has 0 N–H and O–H groups in total. The number of rotatable bonds is 0. The van der Waals surface area contributed by atoms with Crippen LogP contribution >= 0.6 is 0 Å². The van der Waals surface area contributed by atoms with Gasteiger partial charge in [-0.3, -0.25) is 0 Å². The first-order valence-corrected chi connectivity index (χ1v) is 3.97. The predicted molar refractivity (Wildman–Crippen MR) is 17.9 cm³/mol. The van der Waals surface area contributed by atoms with Crippen LogP contribution in [0.4, 0.5) is 0 Å². The molecule has 0 aromatic rings. The molecule has 0 saturated heterocycles. The van der Waals surface area contributed by atoms with Gasteiger partial charge in [0.2, 0.25) is 0 Å². The second-order valence-corrected chi connectivity index (χ2v) is 0. The van der Waals surface area contributed by atoms with Gasteiger partial charge in [0.1, 0.15) is 0 Å². The molecule has 0 fully saturated rings. The van der Waals surface area contributed by atoms with Crippen molar-refractivity contribution in [1.29, 1.82) is 0 Å². The monoisotopic (exact) mass is 491 g/mol. The molecule has 0 heterocycles. The second-order valence-electron chi connectivity index (χ2n) is 0. The van der Waals surface area contributed by atoms with E-state index in [4.69, 9.17) is 0 Å². The van der Waals surface area contributed by atoms with Gasteiger partial charge in [-0.2, -0.15) is 0 Å². The Hall–Kier alpha value is 2.54. The molecule has 0 saturated carbocycles. The average molecular weight is 489 g/mol. The summed E-state index contributed by atoms with van der Waals surface area (Å²) in [5, 5.41) is 0. The van der Waals surface area contributed by atoms with Gasteiger partial charge in [-0.15, -0.1) is 0 Å². The predicted octanol–water partition coefficient (Wildman–Crippen LogP) is -1.26. The third-order valence-corrected chi connectivity index (χ3v) is 0. The van der Waals surface area contributed by atoms with Crippen LogP contribution in [0.1, 0.15) is 0 Å². The summed E-state index contributed by atoms with van der Waals surface area (Å²) in [5.74, 6) is 0. The SMILES string of the molecule is [Bi].[O].[Se].[Se]=[Pd]. The van der Waals surface area contributed by atoms with E-state index in [9.17, 15) is 0 Å². The van der Waals surface area contributed by atoms with E-state index in [1.54, 1.807) is 0 Å². The summed E-state index contributed by atoms with van der Waals surface area (Å²) in [6, 6.07) is 0. The molecule has 1 nitrogen and oxygen atoms in total. The zero-order chi connectivity index (χ0) is 2.00. The molecule has 0 unspecified atom stereocenters. The summed E-state index contributed by atoms with van der Waals surface area (Å²) >= 11 is 5.10. The van der Waals surface area contributed by atoms with Gasteiger partial charge < -0.3 is 0 Å². The molecule has 5 heteroatoms. The molecule has 0 amide bonds. The van der Waals surface area contributed by atoms with Crippen LogP contribution in [-0.4, -0.2) is 56.2 Å². The van der Waals surface area contributed by atoms with Crippen LogP contribution in [-0.2, 0) is 22.1 Å². The van der Waals surface area contributed by atoms with Crippen LogP contribution in [0.25, 0.3) is 0 Å². The molecule has 0 aliphatic carbocycles. The van der Waals surface area contributed by atoms with Crippen LogP contribution in [0.2, 0.25) is 0 Å². The third-order valence-electron chi connectivity index (χ3n) is 0. The standard InChI is InChI=1S/Bi.O.Pd.2Se. The molecule has 0 rings (SSSR count). The fraction of sp³-hybridized carbons (Fsp3) is 0. The molecule has 0 aromatic carbocycles. The van der Waals surface area contributed by atoms with Crippen molar-refractivity contribution in [2.75, 3.05) is 0 Å². The molecule has 7 radical (unpaired) electrons. The summed E-state index contributed by atoms with van der Waals surface area (Å²) in [6.45, 7) is 0. The van der Waals surface area contributed by atoms with Gasteiger partial charge in [-0.25, -0.2) is 0 Å². The van der Waals surface area contributed by atoms with Crippen molar-refractivity contribution in [2.45, 2.75) is 0 Å². The molecule has 0 spiro atoms. The van der Waals surface area contributed by atoms with E-state index < -0.39 is 0 Å². The summed E-state index contributed by atoms with van der Waals surface area (Å²) in [7, 11) is 0. The Balaban J connectivity index is -0.00000000167. The Bertz CT molecular complexity index is 9.61. The minimum absolute atomic E-state index is 0. The van der Waals surface area contributed by atoms with Gasteiger partial charge in [-0.05, 0) is 0 Å². The van der Waals surface area contributed by atoms with Crippen molar-refractivity contribution in [1.82, 2.24) is 0 Å². The van der Waals surface area contributed by atoms with Gasteiger partial charge in [-0.1, -0.05) is 0 Å². The Morgan fingerprint density at radius 3 is 1.20 bits per heavy atom. The number of hydrogen-bond donors (Lipinski definition) is 0. The summed E-state index contributed by atoms with van der Waals surface area (Å²) in [6.07, 6.45) is 0. The molecule has 0 aliphatic rings. The van der Waals surface area contributed by atoms with E-state index in [0.717, 1.165) is 0 Å². The van der Waals surface area contributed by atoms with Gasteiger partial charge in [0.05, 0.1) is 0 Å². The molecular weight excluding hydrogens is 489 g/mol. The van der Waals surface area contributed by atoms with Crippen LogP contribution in [0.15, 0.2) is 0 Å². The van der Waals surface area contributed by atoms with Crippen molar-refractivity contribution in [3.8, 4) is 0 Å². The van der Waals surface area contributed by atoms with Gasteiger partial charge >= 0.3 is 29.6 Å². The second kappa shape index (κ2) is 31.1. The zero-order valence-corrected chi connectivity index (χ0v) is 10.4. The first-order chi connectivity index (χ1) is 1.00. The molecule has 5 heavy (non-hydrogen) atoms. The van der Waals surface area contributed by atoms with E-state index in [1.165, 1.54) is 0 Å². The maximum atomic E-state index is 2.62. The number of hydrogen-bond acceptors (Lipinski definition) is 0. The first-order valence-electron chi connectivity index (χ1n) is 0.129. The van der Waals surface area contributed by atoms with Gasteiger partial charge in [0, 0.05) is 48.7 Å². The summed E-state index contributed by atoms with van der Waals surface area (Å²) in [4.78, 5) is 0. The quantitative estimate of drug-likeness (QED) is 0.381. The minimum atomic E-state index is 0. The fourth-order valence-corrected chi connectivity index (χ4v) is 0. The third kappa shape index (κ3) is 20.9. The molecule has 0 aliphatic heterocycles. The van der Waals surface area contributed by atoms with Crippen LogP contribution in [0.3, 0.4) is 0 Å². The summed E-state index contributed by atoms with van der Waals surface area (Å²) in [5.41, 5.74) is 0. The molecule has 0 atom stereocenters. The van der Waals surface area contributed by atoms with Crippen LogP contribution in [0.5, 0.6) is 0 Å². The topological polar surface area (TPSA) is 28.5 Å². The van der Waals surface area contributed by atoms with Crippen molar-refractivity contribution in [3.63, 3.8) is 0 Å². The Morgan fingerprint density at radius 1 is 1.20 bits per heavy atom. The Kier molecular flexibility index (Phi) is 160. The zero-order valence-electron chi connectivity index (χ0n) is 1.99. The molecule has 0 aromatic heterocycles. The van der Waals surface area contributed by atoms with Gasteiger partial charge in [0.25, 0.3) is 0 Å². The Morgan fingerprint density at radius 2 is 1.20 bits per heavy atom. The molecule has 33 valence electrons. The van der Waals surface area contributed by atoms with Crippen molar-refractivity contribution in [3.05, 3.63) is 0 Å².